The third kappa shape index (κ3) is 3.92. The average Bonchev–Trinajstić information content (AvgIpc) is 2.99. The molecule has 0 unspecified atom stereocenters. The standard InChI is InChI=1S/C18H25N3O2/c1-6-21-17(11-16(19-21)13(2)3)18(22)20(4)12-14-7-9-15(23-5)10-8-14/h7-11,13H,6,12H2,1-5H3. The summed E-state index contributed by atoms with van der Waals surface area (Å²) in [5, 5.41) is 4.51. The van der Waals surface area contributed by atoms with Gasteiger partial charge in [0.1, 0.15) is 11.4 Å². The van der Waals surface area contributed by atoms with E-state index in [4.69, 9.17) is 4.74 Å². The highest BCUT2D eigenvalue weighted by Gasteiger charge is 2.19. The van der Waals surface area contributed by atoms with Crippen molar-refractivity contribution in [2.45, 2.75) is 39.8 Å². The summed E-state index contributed by atoms with van der Waals surface area (Å²) in [5.74, 6) is 1.11. The topological polar surface area (TPSA) is 47.4 Å². The Bertz CT molecular complexity index is 659. The van der Waals surface area contributed by atoms with Gasteiger partial charge in [0.25, 0.3) is 5.91 Å². The monoisotopic (exact) mass is 315 g/mol. The van der Waals surface area contributed by atoms with E-state index in [-0.39, 0.29) is 5.91 Å². The molecule has 0 radical (unpaired) electrons. The number of methoxy groups -OCH3 is 1. The molecule has 1 amide bonds. The van der Waals surface area contributed by atoms with Crippen LogP contribution in [0.1, 0.15) is 48.4 Å². The highest BCUT2D eigenvalue weighted by molar-refractivity contribution is 5.92. The van der Waals surface area contributed by atoms with Crippen LogP contribution in [-0.2, 0) is 13.1 Å². The van der Waals surface area contributed by atoms with Crippen LogP contribution in [0.15, 0.2) is 30.3 Å². The van der Waals surface area contributed by atoms with Crippen molar-refractivity contribution in [2.24, 2.45) is 0 Å². The van der Waals surface area contributed by atoms with Crippen molar-refractivity contribution in [3.05, 3.63) is 47.3 Å². The molecule has 0 saturated heterocycles. The number of aromatic nitrogens is 2. The number of hydrogen-bond acceptors (Lipinski definition) is 3. The van der Waals surface area contributed by atoms with Crippen molar-refractivity contribution in [1.82, 2.24) is 14.7 Å². The van der Waals surface area contributed by atoms with Crippen molar-refractivity contribution in [1.29, 1.82) is 0 Å². The van der Waals surface area contributed by atoms with Crippen LogP contribution in [0.3, 0.4) is 0 Å². The van der Waals surface area contributed by atoms with Crippen molar-refractivity contribution in [2.75, 3.05) is 14.2 Å². The van der Waals surface area contributed by atoms with E-state index in [9.17, 15) is 4.79 Å². The molecule has 0 saturated carbocycles. The molecule has 2 rings (SSSR count). The Morgan fingerprint density at radius 2 is 1.96 bits per heavy atom. The van der Waals surface area contributed by atoms with Crippen molar-refractivity contribution in [3.8, 4) is 5.75 Å². The zero-order chi connectivity index (χ0) is 17.0. The lowest BCUT2D eigenvalue weighted by Gasteiger charge is -2.17. The maximum absolute atomic E-state index is 12.7. The Morgan fingerprint density at radius 1 is 1.30 bits per heavy atom. The zero-order valence-electron chi connectivity index (χ0n) is 14.5. The molecule has 0 spiro atoms. The second-order valence-electron chi connectivity index (χ2n) is 5.93. The van der Waals surface area contributed by atoms with Gasteiger partial charge in [0, 0.05) is 20.1 Å². The predicted molar refractivity (Wildman–Crippen MR) is 90.8 cm³/mol. The number of aryl methyl sites for hydroxylation is 1. The fourth-order valence-corrected chi connectivity index (χ4v) is 2.40. The van der Waals surface area contributed by atoms with Crippen LogP contribution in [0, 0.1) is 0 Å². The molecule has 0 aliphatic heterocycles. The van der Waals surface area contributed by atoms with Gasteiger partial charge in [-0.3, -0.25) is 9.48 Å². The van der Waals surface area contributed by atoms with E-state index < -0.39 is 0 Å². The quantitative estimate of drug-likeness (QED) is 0.821. The summed E-state index contributed by atoms with van der Waals surface area (Å²) < 4.78 is 6.93. The van der Waals surface area contributed by atoms with Crippen molar-refractivity contribution < 1.29 is 9.53 Å². The fourth-order valence-electron chi connectivity index (χ4n) is 2.40. The largest absolute Gasteiger partial charge is 0.497 e. The number of nitrogens with zero attached hydrogens (tertiary/aromatic N) is 3. The lowest BCUT2D eigenvalue weighted by atomic mass is 10.1. The molecule has 0 fully saturated rings. The molecule has 5 heteroatoms. The smallest absolute Gasteiger partial charge is 0.272 e. The molecule has 1 heterocycles. The summed E-state index contributed by atoms with van der Waals surface area (Å²) in [4.78, 5) is 14.4. The first-order valence-electron chi connectivity index (χ1n) is 7.92. The van der Waals surface area contributed by atoms with E-state index in [2.05, 4.69) is 18.9 Å². The van der Waals surface area contributed by atoms with Gasteiger partial charge in [0.15, 0.2) is 0 Å². The lowest BCUT2D eigenvalue weighted by molar-refractivity contribution is 0.0773. The first-order valence-corrected chi connectivity index (χ1v) is 7.92. The molecule has 0 aliphatic rings. The number of benzene rings is 1. The van der Waals surface area contributed by atoms with Gasteiger partial charge in [-0.1, -0.05) is 26.0 Å². The minimum Gasteiger partial charge on any atom is -0.497 e. The molecular weight excluding hydrogens is 290 g/mol. The lowest BCUT2D eigenvalue weighted by Crippen LogP contribution is -2.28. The number of carbonyl (C=O) groups excluding carboxylic acids is 1. The molecule has 0 N–H and O–H groups in total. The van der Waals surface area contributed by atoms with E-state index in [0.29, 0.717) is 24.7 Å². The van der Waals surface area contributed by atoms with E-state index in [0.717, 1.165) is 17.0 Å². The van der Waals surface area contributed by atoms with Gasteiger partial charge >= 0.3 is 0 Å². The number of hydrogen-bond donors (Lipinski definition) is 0. The average molecular weight is 315 g/mol. The first kappa shape index (κ1) is 17.1. The molecule has 1 aromatic heterocycles. The molecule has 5 nitrogen and oxygen atoms in total. The van der Waals surface area contributed by atoms with Gasteiger partial charge in [0.2, 0.25) is 0 Å². The summed E-state index contributed by atoms with van der Waals surface area (Å²) in [6, 6.07) is 9.65. The number of carbonyl (C=O) groups is 1. The SMILES string of the molecule is CCn1nc(C(C)C)cc1C(=O)N(C)Cc1ccc(OC)cc1. The summed E-state index contributed by atoms with van der Waals surface area (Å²) in [6.07, 6.45) is 0. The van der Waals surface area contributed by atoms with Gasteiger partial charge in [0.05, 0.1) is 12.8 Å². The Balaban J connectivity index is 2.15. The van der Waals surface area contributed by atoms with Gasteiger partial charge < -0.3 is 9.64 Å². The van der Waals surface area contributed by atoms with E-state index >= 15 is 0 Å². The van der Waals surface area contributed by atoms with E-state index in [1.54, 1.807) is 16.7 Å². The number of ether oxygens (including phenoxy) is 1. The minimum atomic E-state index is -0.0120. The van der Waals surface area contributed by atoms with Crippen molar-refractivity contribution >= 4 is 5.91 Å². The Kier molecular flexibility index (Phi) is 5.42. The maximum atomic E-state index is 12.7. The summed E-state index contributed by atoms with van der Waals surface area (Å²) >= 11 is 0. The van der Waals surface area contributed by atoms with Crippen LogP contribution >= 0.6 is 0 Å². The van der Waals surface area contributed by atoms with Crippen molar-refractivity contribution in [3.63, 3.8) is 0 Å². The summed E-state index contributed by atoms with van der Waals surface area (Å²) in [5.41, 5.74) is 2.66. The third-order valence-electron chi connectivity index (χ3n) is 3.83. The van der Waals surface area contributed by atoms with E-state index in [1.807, 2.05) is 44.3 Å². The number of amides is 1. The Hall–Kier alpha value is -2.30. The van der Waals surface area contributed by atoms with Gasteiger partial charge in [-0.15, -0.1) is 0 Å². The fraction of sp³-hybridized carbons (Fsp3) is 0.444. The van der Waals surface area contributed by atoms with Crippen LogP contribution in [0.25, 0.3) is 0 Å². The zero-order valence-corrected chi connectivity index (χ0v) is 14.5. The molecule has 124 valence electrons. The number of rotatable bonds is 6. The highest BCUT2D eigenvalue weighted by atomic mass is 16.5. The van der Waals surface area contributed by atoms with Gasteiger partial charge in [-0.05, 0) is 36.6 Å². The normalized spacial score (nSPS) is 10.9. The van der Waals surface area contributed by atoms with Crippen LogP contribution in [0.5, 0.6) is 5.75 Å². The Morgan fingerprint density at radius 3 is 2.48 bits per heavy atom. The highest BCUT2D eigenvalue weighted by Crippen LogP contribution is 2.17. The maximum Gasteiger partial charge on any atom is 0.272 e. The van der Waals surface area contributed by atoms with Crippen LogP contribution in [0.4, 0.5) is 0 Å². The minimum absolute atomic E-state index is 0.0120. The van der Waals surface area contributed by atoms with Crippen LogP contribution in [-0.4, -0.2) is 34.7 Å². The second-order valence-corrected chi connectivity index (χ2v) is 5.93. The summed E-state index contributed by atoms with van der Waals surface area (Å²) in [7, 11) is 3.46. The van der Waals surface area contributed by atoms with Gasteiger partial charge in [-0.25, -0.2) is 0 Å². The van der Waals surface area contributed by atoms with Crippen LogP contribution < -0.4 is 4.74 Å². The summed E-state index contributed by atoms with van der Waals surface area (Å²) in [6.45, 7) is 7.39. The molecule has 1 aromatic carbocycles. The first-order chi connectivity index (χ1) is 11.0. The molecule has 0 atom stereocenters. The molecule has 23 heavy (non-hydrogen) atoms. The molecule has 0 aliphatic carbocycles. The molecule has 0 bridgehead atoms. The van der Waals surface area contributed by atoms with E-state index in [1.165, 1.54) is 0 Å². The molecular formula is C18H25N3O2. The Labute approximate surface area is 137 Å². The third-order valence-corrected chi connectivity index (χ3v) is 3.83. The van der Waals surface area contributed by atoms with Gasteiger partial charge in [-0.2, -0.15) is 5.10 Å². The predicted octanol–water partition coefficient (Wildman–Crippen LogP) is 3.31. The second kappa shape index (κ2) is 7.31. The van der Waals surface area contributed by atoms with Crippen LogP contribution in [0.2, 0.25) is 0 Å². The molecule has 2 aromatic rings.